The Balaban J connectivity index is 3.63. The van der Waals surface area contributed by atoms with Gasteiger partial charge in [-0.25, -0.2) is 4.79 Å². The smallest absolute Gasteiger partial charge is 0.330 e. The summed E-state index contributed by atoms with van der Waals surface area (Å²) in [6.07, 6.45) is 9.02. The molecule has 0 aromatic heterocycles. The molecule has 0 spiro atoms. The van der Waals surface area contributed by atoms with Crippen molar-refractivity contribution in [3.05, 3.63) is 12.2 Å². The zero-order valence-electron chi connectivity index (χ0n) is 7.54. The van der Waals surface area contributed by atoms with Gasteiger partial charge in [-0.2, -0.15) is 0 Å². The summed E-state index contributed by atoms with van der Waals surface area (Å²) in [5.41, 5.74) is 0. The van der Waals surface area contributed by atoms with E-state index in [1.165, 1.54) is 6.08 Å². The van der Waals surface area contributed by atoms with Gasteiger partial charge in [0.25, 0.3) is 0 Å². The molecule has 0 rings (SSSR count). The topological polar surface area (TPSA) is 26.3 Å². The van der Waals surface area contributed by atoms with Crippen molar-refractivity contribution in [1.29, 1.82) is 0 Å². The lowest BCUT2D eigenvalue weighted by Gasteiger charge is -1.97. The van der Waals surface area contributed by atoms with Crippen molar-refractivity contribution in [2.75, 3.05) is 6.61 Å². The molecular formula is C10H14O2. The summed E-state index contributed by atoms with van der Waals surface area (Å²) in [5, 5.41) is 0. The van der Waals surface area contributed by atoms with Gasteiger partial charge in [0.2, 0.25) is 0 Å². The van der Waals surface area contributed by atoms with E-state index >= 15 is 0 Å². The minimum atomic E-state index is -0.304. The largest absolute Gasteiger partial charge is 0.463 e. The number of carbonyl (C=O) groups excluding carboxylic acids is 1. The van der Waals surface area contributed by atoms with E-state index in [1.54, 1.807) is 13.0 Å². The normalized spacial score (nSPS) is 12.4. The molecule has 1 unspecified atom stereocenters. The lowest BCUT2D eigenvalue weighted by molar-refractivity contribution is -0.137. The van der Waals surface area contributed by atoms with Gasteiger partial charge in [-0.05, 0) is 13.3 Å². The Morgan fingerprint density at radius 1 is 1.75 bits per heavy atom. The lowest BCUT2D eigenvalue weighted by atomic mass is 10.1. The van der Waals surface area contributed by atoms with E-state index in [0.717, 1.165) is 6.42 Å². The van der Waals surface area contributed by atoms with E-state index in [2.05, 4.69) is 10.7 Å². The van der Waals surface area contributed by atoms with Crippen molar-refractivity contribution in [1.82, 2.24) is 0 Å². The summed E-state index contributed by atoms with van der Waals surface area (Å²) in [7, 11) is 0. The summed E-state index contributed by atoms with van der Waals surface area (Å²) < 4.78 is 4.68. The van der Waals surface area contributed by atoms with Crippen LogP contribution in [0.4, 0.5) is 0 Å². The fourth-order valence-electron chi connectivity index (χ4n) is 0.627. The molecule has 0 aliphatic heterocycles. The first kappa shape index (κ1) is 10.8. The van der Waals surface area contributed by atoms with Crippen LogP contribution in [0, 0.1) is 18.3 Å². The summed E-state index contributed by atoms with van der Waals surface area (Å²) in [5.74, 6) is 2.44. The predicted molar refractivity (Wildman–Crippen MR) is 48.4 cm³/mol. The molecule has 2 heteroatoms. The Morgan fingerprint density at radius 3 is 2.92 bits per heavy atom. The number of hydrogen-bond donors (Lipinski definition) is 0. The van der Waals surface area contributed by atoms with Crippen molar-refractivity contribution in [2.45, 2.75) is 20.3 Å². The summed E-state index contributed by atoms with van der Waals surface area (Å²) in [6, 6.07) is 0. The van der Waals surface area contributed by atoms with Crippen LogP contribution >= 0.6 is 0 Å². The summed E-state index contributed by atoms with van der Waals surface area (Å²) in [4.78, 5) is 10.8. The molecule has 1 atom stereocenters. The second-order valence-electron chi connectivity index (χ2n) is 2.46. The van der Waals surface area contributed by atoms with Gasteiger partial charge in [0, 0.05) is 12.0 Å². The maximum absolute atomic E-state index is 10.8. The molecule has 0 fully saturated rings. The van der Waals surface area contributed by atoms with E-state index < -0.39 is 0 Å². The highest BCUT2D eigenvalue weighted by atomic mass is 16.5. The van der Waals surface area contributed by atoms with Crippen LogP contribution in [0.5, 0.6) is 0 Å². The fraction of sp³-hybridized carbons (Fsp3) is 0.500. The van der Waals surface area contributed by atoms with Crippen LogP contribution in [0.1, 0.15) is 20.3 Å². The van der Waals surface area contributed by atoms with Gasteiger partial charge in [0.1, 0.15) is 0 Å². The second-order valence-corrected chi connectivity index (χ2v) is 2.46. The van der Waals surface area contributed by atoms with E-state index in [-0.39, 0.29) is 11.9 Å². The van der Waals surface area contributed by atoms with Gasteiger partial charge >= 0.3 is 5.97 Å². The first-order valence-corrected chi connectivity index (χ1v) is 4.00. The van der Waals surface area contributed by atoms with Gasteiger partial charge in [-0.15, -0.1) is 12.3 Å². The molecule has 2 nitrogen and oxygen atoms in total. The van der Waals surface area contributed by atoms with E-state index in [0.29, 0.717) is 6.61 Å². The zero-order chi connectivity index (χ0) is 9.40. The molecule has 0 aromatic rings. The Bertz CT molecular complexity index is 198. The zero-order valence-corrected chi connectivity index (χ0v) is 7.54. The third-order valence-corrected chi connectivity index (χ3v) is 1.31. The van der Waals surface area contributed by atoms with Crippen molar-refractivity contribution in [3.63, 3.8) is 0 Å². The average molecular weight is 166 g/mol. The van der Waals surface area contributed by atoms with Crippen LogP contribution in [0.3, 0.4) is 0 Å². The van der Waals surface area contributed by atoms with Crippen LogP contribution < -0.4 is 0 Å². The monoisotopic (exact) mass is 166 g/mol. The molecule has 0 N–H and O–H groups in total. The van der Waals surface area contributed by atoms with Crippen LogP contribution in [0.25, 0.3) is 0 Å². The molecule has 66 valence electrons. The van der Waals surface area contributed by atoms with Crippen LogP contribution in [-0.2, 0) is 9.53 Å². The molecule has 0 heterocycles. The highest BCUT2D eigenvalue weighted by Crippen LogP contribution is 1.99. The maximum atomic E-state index is 10.8. The van der Waals surface area contributed by atoms with E-state index in [9.17, 15) is 4.79 Å². The molecule has 0 aliphatic rings. The Morgan fingerprint density at radius 2 is 2.42 bits per heavy atom. The Hall–Kier alpha value is -1.23. The number of carbonyl (C=O) groups is 1. The number of ether oxygens (including phenoxy) is 1. The SMILES string of the molecule is C#CC(C)C/C=C/C(=O)OCC. The molecule has 0 radical (unpaired) electrons. The highest BCUT2D eigenvalue weighted by Gasteiger charge is 1.94. The third kappa shape index (κ3) is 5.55. The predicted octanol–water partition coefficient (Wildman–Crippen LogP) is 1.77. The van der Waals surface area contributed by atoms with Crippen molar-refractivity contribution >= 4 is 5.97 Å². The first-order valence-electron chi connectivity index (χ1n) is 4.00. The minimum absolute atomic E-state index is 0.177. The average Bonchev–Trinajstić information content (AvgIpc) is 2.04. The third-order valence-electron chi connectivity index (χ3n) is 1.31. The number of allylic oxidation sites excluding steroid dienone is 1. The van der Waals surface area contributed by atoms with E-state index in [4.69, 9.17) is 6.42 Å². The van der Waals surface area contributed by atoms with Crippen molar-refractivity contribution in [3.8, 4) is 12.3 Å². The van der Waals surface area contributed by atoms with Crippen molar-refractivity contribution in [2.24, 2.45) is 5.92 Å². The van der Waals surface area contributed by atoms with Gasteiger partial charge in [-0.1, -0.05) is 13.0 Å². The number of rotatable bonds is 4. The molecular weight excluding hydrogens is 152 g/mol. The molecule has 0 saturated heterocycles. The van der Waals surface area contributed by atoms with E-state index in [1.807, 2.05) is 6.92 Å². The van der Waals surface area contributed by atoms with Gasteiger partial charge in [-0.3, -0.25) is 0 Å². The lowest BCUT2D eigenvalue weighted by Crippen LogP contribution is -1.99. The number of hydrogen-bond acceptors (Lipinski definition) is 2. The van der Waals surface area contributed by atoms with Crippen LogP contribution in [0.2, 0.25) is 0 Å². The molecule has 0 aromatic carbocycles. The number of esters is 1. The fourth-order valence-corrected chi connectivity index (χ4v) is 0.627. The first-order chi connectivity index (χ1) is 5.70. The minimum Gasteiger partial charge on any atom is -0.463 e. The number of terminal acetylenes is 1. The maximum Gasteiger partial charge on any atom is 0.330 e. The Labute approximate surface area is 73.6 Å². The van der Waals surface area contributed by atoms with Crippen LogP contribution in [0.15, 0.2) is 12.2 Å². The van der Waals surface area contributed by atoms with Gasteiger partial charge in [0.15, 0.2) is 0 Å². The Kier molecular flexibility index (Phi) is 5.81. The molecule has 12 heavy (non-hydrogen) atoms. The molecule has 0 amide bonds. The summed E-state index contributed by atoms with van der Waals surface area (Å²) in [6.45, 7) is 4.11. The van der Waals surface area contributed by atoms with Gasteiger partial charge < -0.3 is 4.74 Å². The molecule has 0 bridgehead atoms. The quantitative estimate of drug-likeness (QED) is 0.361. The molecule has 0 aliphatic carbocycles. The standard InChI is InChI=1S/C10H14O2/c1-4-9(3)7-6-8-10(11)12-5-2/h1,6,8-9H,5,7H2,2-3H3/b8-6+. The summed E-state index contributed by atoms with van der Waals surface area (Å²) >= 11 is 0. The molecule has 0 saturated carbocycles. The van der Waals surface area contributed by atoms with Gasteiger partial charge in [0.05, 0.1) is 6.61 Å². The second kappa shape index (κ2) is 6.48. The highest BCUT2D eigenvalue weighted by molar-refractivity contribution is 5.81. The van der Waals surface area contributed by atoms with Crippen LogP contribution in [-0.4, -0.2) is 12.6 Å². The van der Waals surface area contributed by atoms with Crippen molar-refractivity contribution < 1.29 is 9.53 Å².